The topological polar surface area (TPSA) is 96.0 Å². The largest absolute Gasteiger partial charge is 0.321 e. The molecule has 2 aromatic rings. The lowest BCUT2D eigenvalue weighted by Crippen LogP contribution is -2.13. The summed E-state index contributed by atoms with van der Waals surface area (Å²) in [5, 5.41) is 23.1. The molecule has 1 amide bonds. The number of amides is 1. The van der Waals surface area contributed by atoms with Crippen LogP contribution in [0.1, 0.15) is 5.56 Å². The van der Waals surface area contributed by atoms with Crippen LogP contribution in [0.25, 0.3) is 6.08 Å². The Morgan fingerprint density at radius 3 is 2.46 bits per heavy atom. The van der Waals surface area contributed by atoms with Crippen LogP contribution in [-0.2, 0) is 4.79 Å². The molecule has 0 heterocycles. The summed E-state index contributed by atoms with van der Waals surface area (Å²) in [6, 6.07) is 12.1. The number of hydrogen-bond donors (Lipinski definition) is 1. The smallest absolute Gasteiger partial charge is 0.288 e. The SMILES string of the molecule is N#C/C(=C/c1ccc(Cl)c([N+](=O)[O-])c1)C(=O)Nc1ccc(Cl)cc1. The standard InChI is InChI=1S/C16H9Cl2N3O3/c17-12-2-4-13(5-3-12)20-16(22)11(9-19)7-10-1-6-14(18)15(8-10)21(23)24/h1-8H,(H,20,22)/b11-7-. The van der Waals surface area contributed by atoms with Gasteiger partial charge in [-0.2, -0.15) is 5.26 Å². The minimum absolute atomic E-state index is 0.0266. The van der Waals surface area contributed by atoms with Crippen molar-refractivity contribution >= 4 is 46.6 Å². The highest BCUT2D eigenvalue weighted by atomic mass is 35.5. The van der Waals surface area contributed by atoms with E-state index in [4.69, 9.17) is 28.5 Å². The van der Waals surface area contributed by atoms with Crippen LogP contribution in [0.2, 0.25) is 10.0 Å². The average molecular weight is 362 g/mol. The van der Waals surface area contributed by atoms with Gasteiger partial charge in [0.25, 0.3) is 11.6 Å². The van der Waals surface area contributed by atoms with Gasteiger partial charge in [0.05, 0.1) is 4.92 Å². The molecule has 0 bridgehead atoms. The molecule has 1 N–H and O–H groups in total. The lowest BCUT2D eigenvalue weighted by molar-refractivity contribution is -0.384. The maximum absolute atomic E-state index is 12.1. The molecule has 8 heteroatoms. The number of nitro groups is 1. The Kier molecular flexibility index (Phi) is 5.53. The number of nitro benzene ring substituents is 1. The molecule has 120 valence electrons. The molecule has 2 rings (SSSR count). The number of hydrogen-bond acceptors (Lipinski definition) is 4. The molecular weight excluding hydrogens is 353 g/mol. The summed E-state index contributed by atoms with van der Waals surface area (Å²) in [6.07, 6.45) is 1.24. The molecule has 0 unspecified atom stereocenters. The lowest BCUT2D eigenvalue weighted by atomic mass is 10.1. The number of anilines is 1. The summed E-state index contributed by atoms with van der Waals surface area (Å²) in [7, 11) is 0. The van der Waals surface area contributed by atoms with E-state index in [1.54, 1.807) is 30.3 Å². The van der Waals surface area contributed by atoms with Crippen molar-refractivity contribution < 1.29 is 9.72 Å². The van der Waals surface area contributed by atoms with Crippen molar-refractivity contribution in [2.45, 2.75) is 0 Å². The Morgan fingerprint density at radius 1 is 1.21 bits per heavy atom. The summed E-state index contributed by atoms with van der Waals surface area (Å²) < 4.78 is 0. The van der Waals surface area contributed by atoms with Crippen molar-refractivity contribution in [1.82, 2.24) is 0 Å². The van der Waals surface area contributed by atoms with Crippen LogP contribution in [0.15, 0.2) is 48.0 Å². The van der Waals surface area contributed by atoms with E-state index in [9.17, 15) is 14.9 Å². The van der Waals surface area contributed by atoms with Gasteiger partial charge in [-0.1, -0.05) is 29.3 Å². The number of nitriles is 1. The predicted octanol–water partition coefficient (Wildman–Crippen LogP) is 4.45. The fourth-order valence-corrected chi connectivity index (χ4v) is 2.12. The number of carbonyl (C=O) groups is 1. The van der Waals surface area contributed by atoms with Crippen molar-refractivity contribution in [3.05, 3.63) is 73.8 Å². The van der Waals surface area contributed by atoms with Gasteiger partial charge < -0.3 is 5.32 Å². The van der Waals surface area contributed by atoms with Crippen LogP contribution in [0.3, 0.4) is 0 Å². The molecule has 0 saturated carbocycles. The first kappa shape index (κ1) is 17.5. The first-order chi connectivity index (χ1) is 11.4. The first-order valence-corrected chi connectivity index (χ1v) is 7.29. The van der Waals surface area contributed by atoms with Gasteiger partial charge in [0.2, 0.25) is 0 Å². The van der Waals surface area contributed by atoms with Crippen LogP contribution < -0.4 is 5.32 Å². The Balaban J connectivity index is 2.27. The summed E-state index contributed by atoms with van der Waals surface area (Å²) in [5.41, 5.74) is 0.268. The fraction of sp³-hybridized carbons (Fsp3) is 0. The number of carbonyl (C=O) groups excluding carboxylic acids is 1. The summed E-state index contributed by atoms with van der Waals surface area (Å²) in [4.78, 5) is 22.4. The molecule has 0 aliphatic heterocycles. The van der Waals surface area contributed by atoms with Crippen LogP contribution in [0, 0.1) is 21.4 Å². The second-order valence-electron chi connectivity index (χ2n) is 4.60. The molecule has 2 aromatic carbocycles. The molecule has 0 fully saturated rings. The minimum Gasteiger partial charge on any atom is -0.321 e. The molecular formula is C16H9Cl2N3O3. The quantitative estimate of drug-likeness (QED) is 0.376. The molecule has 0 aliphatic rings. The van der Waals surface area contributed by atoms with Gasteiger partial charge in [-0.3, -0.25) is 14.9 Å². The predicted molar refractivity (Wildman–Crippen MR) is 91.8 cm³/mol. The van der Waals surface area contributed by atoms with Gasteiger partial charge >= 0.3 is 0 Å². The van der Waals surface area contributed by atoms with Gasteiger partial charge in [0, 0.05) is 16.8 Å². The van der Waals surface area contributed by atoms with Crippen LogP contribution in [0.5, 0.6) is 0 Å². The van der Waals surface area contributed by atoms with E-state index in [2.05, 4.69) is 5.32 Å². The highest BCUT2D eigenvalue weighted by Gasteiger charge is 2.14. The van der Waals surface area contributed by atoms with E-state index < -0.39 is 10.8 Å². The Labute approximate surface area is 147 Å². The third-order valence-corrected chi connectivity index (χ3v) is 3.52. The molecule has 6 nitrogen and oxygen atoms in total. The number of nitrogens with one attached hydrogen (secondary N) is 1. The van der Waals surface area contributed by atoms with E-state index in [0.29, 0.717) is 16.3 Å². The van der Waals surface area contributed by atoms with Crippen molar-refractivity contribution in [3.8, 4) is 6.07 Å². The first-order valence-electron chi connectivity index (χ1n) is 6.53. The highest BCUT2D eigenvalue weighted by molar-refractivity contribution is 6.32. The maximum atomic E-state index is 12.1. The lowest BCUT2D eigenvalue weighted by Gasteiger charge is -2.04. The monoisotopic (exact) mass is 361 g/mol. The van der Waals surface area contributed by atoms with Crippen LogP contribution in [0.4, 0.5) is 11.4 Å². The fourth-order valence-electron chi connectivity index (χ4n) is 1.81. The summed E-state index contributed by atoms with van der Waals surface area (Å²) in [5.74, 6) is -0.641. The molecule has 0 radical (unpaired) electrons. The second-order valence-corrected chi connectivity index (χ2v) is 5.44. The van der Waals surface area contributed by atoms with Gasteiger partial charge in [-0.15, -0.1) is 0 Å². The maximum Gasteiger partial charge on any atom is 0.288 e. The van der Waals surface area contributed by atoms with E-state index in [0.717, 1.165) is 0 Å². The molecule has 0 aromatic heterocycles. The molecule has 0 saturated heterocycles. The van der Waals surface area contributed by atoms with Crippen molar-refractivity contribution in [1.29, 1.82) is 5.26 Å². The zero-order chi connectivity index (χ0) is 17.7. The third kappa shape index (κ3) is 4.32. The van der Waals surface area contributed by atoms with Crippen molar-refractivity contribution in [2.24, 2.45) is 0 Å². The summed E-state index contributed by atoms with van der Waals surface area (Å²) in [6.45, 7) is 0. The van der Waals surface area contributed by atoms with Gasteiger partial charge in [-0.25, -0.2) is 0 Å². The van der Waals surface area contributed by atoms with Gasteiger partial charge in [-0.05, 0) is 42.0 Å². The van der Waals surface area contributed by atoms with E-state index >= 15 is 0 Å². The number of benzene rings is 2. The Morgan fingerprint density at radius 2 is 1.88 bits per heavy atom. The summed E-state index contributed by atoms with van der Waals surface area (Å²) >= 11 is 11.5. The van der Waals surface area contributed by atoms with Gasteiger partial charge in [0.1, 0.15) is 16.7 Å². The molecule has 0 spiro atoms. The third-order valence-electron chi connectivity index (χ3n) is 2.95. The van der Waals surface area contributed by atoms with Crippen molar-refractivity contribution in [2.75, 3.05) is 5.32 Å². The zero-order valence-electron chi connectivity index (χ0n) is 12.0. The number of nitrogens with zero attached hydrogens (tertiary/aromatic N) is 2. The van der Waals surface area contributed by atoms with E-state index in [-0.39, 0.29) is 16.3 Å². The molecule has 0 atom stereocenters. The van der Waals surface area contributed by atoms with E-state index in [1.165, 1.54) is 24.3 Å². The van der Waals surface area contributed by atoms with Gasteiger partial charge in [0.15, 0.2) is 0 Å². The molecule has 0 aliphatic carbocycles. The second kappa shape index (κ2) is 7.59. The number of rotatable bonds is 4. The zero-order valence-corrected chi connectivity index (χ0v) is 13.5. The van der Waals surface area contributed by atoms with Crippen molar-refractivity contribution in [3.63, 3.8) is 0 Å². The Bertz CT molecular complexity index is 871. The van der Waals surface area contributed by atoms with Crippen LogP contribution in [-0.4, -0.2) is 10.8 Å². The normalized spacial score (nSPS) is 10.8. The minimum atomic E-state index is -0.641. The number of halogens is 2. The average Bonchev–Trinajstić information content (AvgIpc) is 2.55. The highest BCUT2D eigenvalue weighted by Crippen LogP contribution is 2.26. The van der Waals surface area contributed by atoms with Crippen LogP contribution >= 0.6 is 23.2 Å². The Hall–Kier alpha value is -2.88. The molecule has 24 heavy (non-hydrogen) atoms. The van der Waals surface area contributed by atoms with E-state index in [1.807, 2.05) is 0 Å².